The Morgan fingerprint density at radius 2 is 1.81 bits per heavy atom. The first-order valence-electron chi connectivity index (χ1n) is 5.73. The summed E-state index contributed by atoms with van der Waals surface area (Å²) < 4.78 is 2.48. The zero-order valence-electron chi connectivity index (χ0n) is 10.2. The van der Waals surface area contributed by atoms with E-state index in [1.165, 1.54) is 11.1 Å². The number of rotatable bonds is 2. The van der Waals surface area contributed by atoms with Gasteiger partial charge in [0, 0.05) is 12.6 Å². The lowest BCUT2D eigenvalue weighted by Gasteiger charge is -2.35. The van der Waals surface area contributed by atoms with Crippen LogP contribution in [0.25, 0.3) is 0 Å². The molecule has 0 N–H and O–H groups in total. The average molecular weight is 233 g/mol. The molecule has 0 amide bonds. The van der Waals surface area contributed by atoms with Gasteiger partial charge in [0.25, 0.3) is 0 Å². The number of nitrogens with zero attached hydrogens (tertiary/aromatic N) is 1. The molecule has 0 radical (unpaired) electrons. The highest BCUT2D eigenvalue weighted by Gasteiger charge is 2.25. The van der Waals surface area contributed by atoms with Crippen molar-refractivity contribution < 1.29 is 0 Å². The van der Waals surface area contributed by atoms with Crippen LogP contribution in [0.2, 0.25) is 0 Å². The molecule has 1 aliphatic heterocycles. The summed E-state index contributed by atoms with van der Waals surface area (Å²) in [5.41, 5.74) is 4.52. The molecule has 1 aromatic carbocycles. The topological polar surface area (TPSA) is 3.24 Å². The Labute approximate surface area is 103 Å². The molecule has 0 bridgehead atoms. The van der Waals surface area contributed by atoms with Crippen LogP contribution < -0.4 is 0 Å². The molecule has 0 spiro atoms. The van der Waals surface area contributed by atoms with Crippen molar-refractivity contribution in [3.63, 3.8) is 0 Å². The predicted octanol–water partition coefficient (Wildman–Crippen LogP) is 4.05. The van der Waals surface area contributed by atoms with Crippen LogP contribution in [0.15, 0.2) is 41.5 Å². The molecule has 0 aromatic heterocycles. The molecule has 0 saturated heterocycles. The average Bonchev–Trinajstić information content (AvgIpc) is 2.33. The van der Waals surface area contributed by atoms with E-state index in [9.17, 15) is 0 Å². The van der Waals surface area contributed by atoms with Gasteiger partial charge >= 0.3 is 0 Å². The van der Waals surface area contributed by atoms with Crippen molar-refractivity contribution in [2.45, 2.75) is 26.3 Å². The Morgan fingerprint density at radius 1 is 1.12 bits per heavy atom. The molecule has 1 aromatic rings. The number of benzene rings is 1. The molecular weight excluding hydrogens is 214 g/mol. The smallest absolute Gasteiger partial charge is 0.0492 e. The van der Waals surface area contributed by atoms with E-state index in [0.717, 1.165) is 13.0 Å². The van der Waals surface area contributed by atoms with Gasteiger partial charge < -0.3 is 0 Å². The van der Waals surface area contributed by atoms with Gasteiger partial charge in [0.1, 0.15) is 0 Å². The minimum Gasteiger partial charge on any atom is -0.239 e. The van der Waals surface area contributed by atoms with Crippen LogP contribution in [0.1, 0.15) is 31.9 Å². The summed E-state index contributed by atoms with van der Waals surface area (Å²) in [7, 11) is 0. The Kier molecular flexibility index (Phi) is 3.72. The van der Waals surface area contributed by atoms with Crippen LogP contribution >= 0.6 is 11.9 Å². The van der Waals surface area contributed by atoms with E-state index in [2.05, 4.69) is 54.7 Å². The monoisotopic (exact) mass is 233 g/mol. The molecule has 86 valence electrons. The molecule has 1 unspecified atom stereocenters. The van der Waals surface area contributed by atoms with Crippen molar-refractivity contribution in [2.24, 2.45) is 0 Å². The molecule has 2 rings (SSSR count). The second-order valence-electron chi connectivity index (χ2n) is 4.45. The summed E-state index contributed by atoms with van der Waals surface area (Å²) in [6.07, 6.45) is 3.33. The molecular formula is C14H19NS. The maximum atomic E-state index is 2.48. The van der Waals surface area contributed by atoms with Gasteiger partial charge in [0.15, 0.2) is 0 Å². The Bertz CT molecular complexity index is 383. The normalized spacial score (nSPS) is 22.6. The van der Waals surface area contributed by atoms with Gasteiger partial charge in [-0.25, -0.2) is 4.31 Å². The van der Waals surface area contributed by atoms with Crippen molar-refractivity contribution in [1.29, 1.82) is 0 Å². The van der Waals surface area contributed by atoms with Gasteiger partial charge in [-0.1, -0.05) is 53.4 Å². The highest BCUT2D eigenvalue weighted by atomic mass is 32.2. The van der Waals surface area contributed by atoms with Crippen LogP contribution in [0.5, 0.6) is 0 Å². The minimum atomic E-state index is 0.542. The lowest BCUT2D eigenvalue weighted by Crippen LogP contribution is -2.28. The zero-order chi connectivity index (χ0) is 11.5. The van der Waals surface area contributed by atoms with Gasteiger partial charge in [-0.2, -0.15) is 0 Å². The third-order valence-electron chi connectivity index (χ3n) is 3.39. The first-order chi connectivity index (χ1) is 7.72. The van der Waals surface area contributed by atoms with Crippen LogP contribution in [-0.4, -0.2) is 17.1 Å². The van der Waals surface area contributed by atoms with E-state index in [1.54, 1.807) is 5.57 Å². The largest absolute Gasteiger partial charge is 0.239 e. The van der Waals surface area contributed by atoms with Crippen molar-refractivity contribution in [1.82, 2.24) is 4.31 Å². The molecule has 1 atom stereocenters. The molecule has 0 aliphatic carbocycles. The van der Waals surface area contributed by atoms with E-state index in [-0.39, 0.29) is 0 Å². The summed E-state index contributed by atoms with van der Waals surface area (Å²) in [6.45, 7) is 5.61. The van der Waals surface area contributed by atoms with Crippen molar-refractivity contribution in [3.8, 4) is 0 Å². The lowest BCUT2D eigenvalue weighted by molar-refractivity contribution is 0.358. The Morgan fingerprint density at radius 3 is 2.44 bits per heavy atom. The van der Waals surface area contributed by atoms with Crippen LogP contribution in [0.3, 0.4) is 0 Å². The SMILES string of the molecule is CSN1CC(C)=C(C)CC1c1ccccc1. The minimum absolute atomic E-state index is 0.542. The first kappa shape index (κ1) is 11.7. The Balaban J connectivity index is 2.27. The van der Waals surface area contributed by atoms with E-state index in [4.69, 9.17) is 0 Å². The zero-order valence-corrected chi connectivity index (χ0v) is 11.1. The summed E-state index contributed by atoms with van der Waals surface area (Å²) in [5.74, 6) is 0. The van der Waals surface area contributed by atoms with Gasteiger partial charge in [-0.3, -0.25) is 0 Å². The maximum Gasteiger partial charge on any atom is 0.0492 e. The van der Waals surface area contributed by atoms with E-state index >= 15 is 0 Å². The highest BCUT2D eigenvalue weighted by molar-refractivity contribution is 7.96. The predicted molar refractivity (Wildman–Crippen MR) is 72.4 cm³/mol. The molecule has 1 nitrogen and oxygen atoms in total. The molecule has 2 heteroatoms. The summed E-state index contributed by atoms with van der Waals surface area (Å²) in [4.78, 5) is 0. The second-order valence-corrected chi connectivity index (χ2v) is 5.28. The maximum absolute atomic E-state index is 2.48. The third kappa shape index (κ3) is 2.33. The molecule has 1 heterocycles. The first-order valence-corrected chi connectivity index (χ1v) is 6.91. The highest BCUT2D eigenvalue weighted by Crippen LogP contribution is 2.36. The van der Waals surface area contributed by atoms with E-state index < -0.39 is 0 Å². The molecule has 16 heavy (non-hydrogen) atoms. The van der Waals surface area contributed by atoms with Crippen molar-refractivity contribution in [3.05, 3.63) is 47.0 Å². The van der Waals surface area contributed by atoms with E-state index in [1.807, 2.05) is 11.9 Å². The number of hydrogen-bond donors (Lipinski definition) is 0. The fraction of sp³-hybridized carbons (Fsp3) is 0.429. The standard InChI is InChI=1S/C14H19NS/c1-11-9-14(13-7-5-4-6-8-13)15(16-3)10-12(11)2/h4-8,14H,9-10H2,1-3H3. The van der Waals surface area contributed by atoms with Gasteiger partial charge in [0.05, 0.1) is 0 Å². The van der Waals surface area contributed by atoms with Crippen LogP contribution in [0.4, 0.5) is 0 Å². The summed E-state index contributed by atoms with van der Waals surface area (Å²) >= 11 is 1.85. The fourth-order valence-corrected chi connectivity index (χ4v) is 2.97. The van der Waals surface area contributed by atoms with Gasteiger partial charge in [-0.15, -0.1) is 0 Å². The quantitative estimate of drug-likeness (QED) is 0.560. The second kappa shape index (κ2) is 5.07. The molecule has 1 aliphatic rings. The third-order valence-corrected chi connectivity index (χ3v) is 4.24. The Hall–Kier alpha value is -0.730. The molecule has 0 saturated carbocycles. The van der Waals surface area contributed by atoms with Gasteiger partial charge in [0.2, 0.25) is 0 Å². The van der Waals surface area contributed by atoms with Crippen molar-refractivity contribution in [2.75, 3.05) is 12.8 Å². The fourth-order valence-electron chi connectivity index (χ4n) is 2.20. The van der Waals surface area contributed by atoms with E-state index in [0.29, 0.717) is 6.04 Å². The van der Waals surface area contributed by atoms with Crippen LogP contribution in [-0.2, 0) is 0 Å². The van der Waals surface area contributed by atoms with Gasteiger partial charge in [-0.05, 0) is 32.1 Å². The van der Waals surface area contributed by atoms with Crippen LogP contribution in [0, 0.1) is 0 Å². The summed E-state index contributed by atoms with van der Waals surface area (Å²) in [6, 6.07) is 11.4. The van der Waals surface area contributed by atoms with Crippen molar-refractivity contribution >= 4 is 11.9 Å². The summed E-state index contributed by atoms with van der Waals surface area (Å²) in [5, 5.41) is 0. The molecule has 0 fully saturated rings. The lowest BCUT2D eigenvalue weighted by atomic mass is 9.93. The number of hydrogen-bond acceptors (Lipinski definition) is 2.